The van der Waals surface area contributed by atoms with Gasteiger partial charge in [-0.2, -0.15) is 0 Å². The Hall–Kier alpha value is -1.59. The lowest BCUT2D eigenvalue weighted by molar-refractivity contribution is -0.0356. The molecular formula is C28H42ClNO3. The Morgan fingerprint density at radius 3 is 2.15 bits per heavy atom. The van der Waals surface area contributed by atoms with Crippen molar-refractivity contribution >= 4 is 12.4 Å². The summed E-state index contributed by atoms with van der Waals surface area (Å²) in [7, 11) is 0. The third-order valence-corrected chi connectivity index (χ3v) is 6.36. The molecule has 2 aromatic rings. The van der Waals surface area contributed by atoms with Gasteiger partial charge in [-0.3, -0.25) is 4.90 Å². The summed E-state index contributed by atoms with van der Waals surface area (Å²) in [5.74, 6) is 1.82. The number of aliphatic hydroxyl groups is 1. The fourth-order valence-electron chi connectivity index (χ4n) is 4.60. The molecule has 1 saturated heterocycles. The first-order valence-electron chi connectivity index (χ1n) is 12.2. The second kappa shape index (κ2) is 13.3. The summed E-state index contributed by atoms with van der Waals surface area (Å²) in [6, 6.07) is 18.6. The van der Waals surface area contributed by atoms with Crippen LogP contribution in [-0.2, 0) is 10.3 Å². The maximum atomic E-state index is 12.3. The lowest BCUT2D eigenvalue weighted by Crippen LogP contribution is -2.45. The van der Waals surface area contributed by atoms with Gasteiger partial charge in [0.05, 0.1) is 25.4 Å². The molecule has 0 amide bonds. The predicted octanol–water partition coefficient (Wildman–Crippen LogP) is 5.88. The molecule has 0 saturated carbocycles. The highest BCUT2D eigenvalue weighted by atomic mass is 35.5. The van der Waals surface area contributed by atoms with E-state index in [-0.39, 0.29) is 18.3 Å². The number of ether oxygens (including phenoxy) is 2. The Morgan fingerprint density at radius 2 is 1.58 bits per heavy atom. The molecule has 2 aromatic carbocycles. The van der Waals surface area contributed by atoms with Crippen LogP contribution in [0.3, 0.4) is 0 Å². The molecule has 0 spiro atoms. The van der Waals surface area contributed by atoms with E-state index in [2.05, 4.69) is 69.0 Å². The summed E-state index contributed by atoms with van der Waals surface area (Å²) >= 11 is 0. The van der Waals surface area contributed by atoms with Gasteiger partial charge in [-0.05, 0) is 47.9 Å². The molecule has 0 bridgehead atoms. The van der Waals surface area contributed by atoms with Gasteiger partial charge in [-0.1, -0.05) is 70.2 Å². The normalized spacial score (nSPS) is 17.4. The first kappa shape index (κ1) is 27.7. The van der Waals surface area contributed by atoms with E-state index in [1.54, 1.807) is 0 Å². The van der Waals surface area contributed by atoms with Gasteiger partial charge in [-0.25, -0.2) is 0 Å². The van der Waals surface area contributed by atoms with Gasteiger partial charge in [-0.15, -0.1) is 12.4 Å². The fraction of sp³-hybridized carbons (Fsp3) is 0.571. The lowest BCUT2D eigenvalue weighted by Gasteiger charge is -2.42. The van der Waals surface area contributed by atoms with Crippen LogP contribution in [0.2, 0.25) is 0 Å². The van der Waals surface area contributed by atoms with Crippen LogP contribution >= 0.6 is 12.4 Å². The van der Waals surface area contributed by atoms with Crippen molar-refractivity contribution in [2.24, 2.45) is 11.8 Å². The Labute approximate surface area is 206 Å². The molecule has 1 N–H and O–H groups in total. The number of rotatable bonds is 11. The summed E-state index contributed by atoms with van der Waals surface area (Å²) < 4.78 is 11.5. The lowest BCUT2D eigenvalue weighted by atomic mass is 9.72. The molecule has 1 heterocycles. The van der Waals surface area contributed by atoms with Gasteiger partial charge in [0.15, 0.2) is 0 Å². The van der Waals surface area contributed by atoms with E-state index in [0.29, 0.717) is 18.3 Å². The highest BCUT2D eigenvalue weighted by Crippen LogP contribution is 2.43. The first-order valence-corrected chi connectivity index (χ1v) is 12.2. The molecule has 0 aliphatic carbocycles. The molecule has 0 radical (unpaired) electrons. The molecule has 0 aromatic heterocycles. The second-order valence-corrected chi connectivity index (χ2v) is 9.95. The summed E-state index contributed by atoms with van der Waals surface area (Å²) in [5.41, 5.74) is 1.17. The zero-order valence-electron chi connectivity index (χ0n) is 20.7. The zero-order chi connectivity index (χ0) is 23.0. The summed E-state index contributed by atoms with van der Waals surface area (Å²) in [6.07, 6.45) is 1.74. The maximum Gasteiger partial charge on any atom is 0.119 e. The number of halogens is 1. The minimum absolute atomic E-state index is 0. The highest BCUT2D eigenvalue weighted by molar-refractivity contribution is 5.85. The van der Waals surface area contributed by atoms with Crippen molar-refractivity contribution in [3.63, 3.8) is 0 Å². The number of nitrogens with zero attached hydrogens (tertiary/aromatic N) is 1. The maximum absolute atomic E-state index is 12.3. The van der Waals surface area contributed by atoms with E-state index in [9.17, 15) is 5.11 Å². The molecule has 1 aliphatic rings. The van der Waals surface area contributed by atoms with Crippen LogP contribution in [0.1, 0.15) is 57.6 Å². The summed E-state index contributed by atoms with van der Waals surface area (Å²) in [4.78, 5) is 2.43. The number of hydrogen-bond acceptors (Lipinski definition) is 4. The molecular weight excluding hydrogens is 434 g/mol. The van der Waals surface area contributed by atoms with Crippen molar-refractivity contribution in [1.29, 1.82) is 0 Å². The van der Waals surface area contributed by atoms with Crippen molar-refractivity contribution in [1.82, 2.24) is 4.90 Å². The largest absolute Gasteiger partial charge is 0.494 e. The Kier molecular flexibility index (Phi) is 11.2. The van der Waals surface area contributed by atoms with Crippen molar-refractivity contribution < 1.29 is 14.6 Å². The molecule has 1 fully saturated rings. The van der Waals surface area contributed by atoms with Crippen LogP contribution in [0.5, 0.6) is 5.75 Å². The summed E-state index contributed by atoms with van der Waals surface area (Å²) in [5, 5.41) is 12.3. The fourth-order valence-corrected chi connectivity index (χ4v) is 4.60. The van der Waals surface area contributed by atoms with E-state index in [0.717, 1.165) is 57.2 Å². The van der Waals surface area contributed by atoms with Crippen molar-refractivity contribution in [3.8, 4) is 5.75 Å². The number of hydrogen-bond donors (Lipinski definition) is 1. The van der Waals surface area contributed by atoms with E-state index < -0.39 is 5.60 Å². The molecule has 5 heteroatoms. The van der Waals surface area contributed by atoms with Crippen LogP contribution in [0.15, 0.2) is 54.6 Å². The minimum Gasteiger partial charge on any atom is -0.494 e. The van der Waals surface area contributed by atoms with Crippen LogP contribution in [0, 0.1) is 11.8 Å². The van der Waals surface area contributed by atoms with Gasteiger partial charge < -0.3 is 14.6 Å². The number of benzene rings is 2. The molecule has 1 aliphatic heterocycles. The van der Waals surface area contributed by atoms with Crippen molar-refractivity contribution in [2.75, 3.05) is 39.5 Å². The minimum atomic E-state index is -0.968. The average molecular weight is 476 g/mol. The summed E-state index contributed by atoms with van der Waals surface area (Å²) in [6.45, 7) is 13.6. The molecule has 33 heavy (non-hydrogen) atoms. The predicted molar refractivity (Wildman–Crippen MR) is 138 cm³/mol. The molecule has 184 valence electrons. The molecule has 3 rings (SSSR count). The zero-order valence-corrected chi connectivity index (χ0v) is 21.5. The Bertz CT molecular complexity index is 791. The number of morpholine rings is 1. The SMILES string of the molecule is CC(C)CCOc1ccc(C(O)(CC(C)C)C(CN2CCOCC2)c2ccccc2)cc1.Cl. The van der Waals surface area contributed by atoms with Gasteiger partial charge in [0.25, 0.3) is 0 Å². The van der Waals surface area contributed by atoms with Crippen LogP contribution in [0.25, 0.3) is 0 Å². The smallest absolute Gasteiger partial charge is 0.119 e. The van der Waals surface area contributed by atoms with E-state index in [1.165, 1.54) is 5.56 Å². The second-order valence-electron chi connectivity index (χ2n) is 9.95. The van der Waals surface area contributed by atoms with Crippen LogP contribution in [0.4, 0.5) is 0 Å². The van der Waals surface area contributed by atoms with Crippen LogP contribution in [-0.4, -0.2) is 49.5 Å². The standard InChI is InChI=1S/C28H41NO3.ClH/c1-22(2)14-17-32-26-12-10-25(11-13-26)28(30,20-23(3)4)27(24-8-6-5-7-9-24)21-29-15-18-31-19-16-29;/h5-13,22-23,27,30H,14-21H2,1-4H3;1H. The van der Waals surface area contributed by atoms with E-state index >= 15 is 0 Å². The van der Waals surface area contributed by atoms with E-state index in [4.69, 9.17) is 9.47 Å². The molecule has 2 atom stereocenters. The monoisotopic (exact) mass is 475 g/mol. The molecule has 2 unspecified atom stereocenters. The third kappa shape index (κ3) is 7.99. The first-order chi connectivity index (χ1) is 15.4. The average Bonchev–Trinajstić information content (AvgIpc) is 2.78. The third-order valence-electron chi connectivity index (χ3n) is 6.36. The van der Waals surface area contributed by atoms with Gasteiger partial charge in [0, 0.05) is 25.6 Å². The topological polar surface area (TPSA) is 41.9 Å². The quantitative estimate of drug-likeness (QED) is 0.440. The van der Waals surface area contributed by atoms with Gasteiger partial charge in [0.2, 0.25) is 0 Å². The van der Waals surface area contributed by atoms with Crippen molar-refractivity contribution in [3.05, 3.63) is 65.7 Å². The van der Waals surface area contributed by atoms with Gasteiger partial charge in [0.1, 0.15) is 5.75 Å². The van der Waals surface area contributed by atoms with Gasteiger partial charge >= 0.3 is 0 Å². The Balaban J connectivity index is 0.00000385. The van der Waals surface area contributed by atoms with E-state index in [1.807, 2.05) is 18.2 Å². The molecule has 4 nitrogen and oxygen atoms in total. The van der Waals surface area contributed by atoms with Crippen LogP contribution < -0.4 is 4.74 Å². The van der Waals surface area contributed by atoms with Crippen molar-refractivity contribution in [2.45, 2.75) is 52.1 Å². The highest BCUT2D eigenvalue weighted by Gasteiger charge is 2.41. The Morgan fingerprint density at radius 1 is 0.939 bits per heavy atom.